The average Bonchev–Trinajstić information content (AvgIpc) is 2.30. The van der Waals surface area contributed by atoms with Crippen LogP contribution in [-0.2, 0) is 0 Å². The minimum atomic E-state index is 0.645. The lowest BCUT2D eigenvalue weighted by Gasteiger charge is -2.01. The summed E-state index contributed by atoms with van der Waals surface area (Å²) >= 11 is 0. The Bertz CT molecular complexity index is 499. The fourth-order valence-corrected chi connectivity index (χ4v) is 1.26. The van der Waals surface area contributed by atoms with E-state index in [1.165, 1.54) is 0 Å². The van der Waals surface area contributed by atoms with Gasteiger partial charge in [-0.3, -0.25) is 5.43 Å². The molecule has 0 amide bonds. The van der Waals surface area contributed by atoms with Gasteiger partial charge in [0.1, 0.15) is 0 Å². The van der Waals surface area contributed by atoms with Crippen LogP contribution in [0.3, 0.4) is 0 Å². The van der Waals surface area contributed by atoms with Crippen molar-refractivity contribution in [1.82, 2.24) is 10.2 Å². The predicted octanol–water partition coefficient (Wildman–Crippen LogP) is 2.21. The first-order valence-electron chi connectivity index (χ1n) is 4.52. The van der Waals surface area contributed by atoms with E-state index in [2.05, 4.69) is 27.3 Å². The lowest BCUT2D eigenvalue weighted by Crippen LogP contribution is -1.95. The van der Waals surface area contributed by atoms with Crippen LogP contribution in [0.15, 0.2) is 48.2 Å². The number of fused-ring (bicyclic) bond motifs is 1. The van der Waals surface area contributed by atoms with E-state index in [1.54, 1.807) is 18.5 Å². The minimum Gasteiger partial charge on any atom is -0.259 e. The Kier molecular flexibility index (Phi) is 2.69. The molecule has 0 saturated carbocycles. The van der Waals surface area contributed by atoms with Gasteiger partial charge in [-0.25, -0.2) is 0 Å². The van der Waals surface area contributed by atoms with Crippen LogP contribution < -0.4 is 5.43 Å². The molecule has 0 aliphatic heterocycles. The minimum absolute atomic E-state index is 0.645. The Labute approximate surface area is 87.3 Å². The highest BCUT2D eigenvalue weighted by Crippen LogP contribution is 2.18. The van der Waals surface area contributed by atoms with Gasteiger partial charge in [0.25, 0.3) is 0 Å². The number of nitrogens with one attached hydrogen (secondary N) is 1. The number of aromatic nitrogens is 2. The zero-order valence-electron chi connectivity index (χ0n) is 8.09. The molecule has 0 bridgehead atoms. The van der Waals surface area contributed by atoms with Crippen LogP contribution >= 0.6 is 0 Å². The van der Waals surface area contributed by atoms with E-state index in [9.17, 15) is 0 Å². The molecule has 0 aliphatic carbocycles. The molecule has 1 aromatic heterocycles. The van der Waals surface area contributed by atoms with Crippen molar-refractivity contribution in [1.29, 1.82) is 0 Å². The molecule has 4 nitrogen and oxygen atoms in total. The van der Waals surface area contributed by atoms with Gasteiger partial charge in [-0.1, -0.05) is 30.8 Å². The molecule has 1 heterocycles. The van der Waals surface area contributed by atoms with Gasteiger partial charge in [-0.15, -0.1) is 5.10 Å². The lowest BCUT2D eigenvalue weighted by atomic mass is 10.2. The smallest absolute Gasteiger partial charge is 0.176 e. The maximum atomic E-state index is 3.97. The maximum absolute atomic E-state index is 3.97. The number of hydrazone groups is 1. The van der Waals surface area contributed by atoms with Crippen molar-refractivity contribution in [2.75, 3.05) is 5.43 Å². The van der Waals surface area contributed by atoms with Gasteiger partial charge in [0, 0.05) is 17.0 Å². The number of benzene rings is 1. The number of anilines is 1. The summed E-state index contributed by atoms with van der Waals surface area (Å²) in [6.07, 6.45) is 4.87. The monoisotopic (exact) mass is 198 g/mol. The van der Waals surface area contributed by atoms with Crippen molar-refractivity contribution in [2.45, 2.75) is 0 Å². The Morgan fingerprint density at radius 2 is 2.20 bits per heavy atom. The summed E-state index contributed by atoms with van der Waals surface area (Å²) in [5, 5.41) is 13.8. The molecule has 2 rings (SSSR count). The summed E-state index contributed by atoms with van der Waals surface area (Å²) in [4.78, 5) is 0. The van der Waals surface area contributed by atoms with Crippen LogP contribution in [0, 0.1) is 0 Å². The van der Waals surface area contributed by atoms with E-state index in [0.717, 1.165) is 10.8 Å². The summed E-state index contributed by atoms with van der Waals surface area (Å²) < 4.78 is 0. The second kappa shape index (κ2) is 4.32. The molecule has 0 spiro atoms. The van der Waals surface area contributed by atoms with Gasteiger partial charge in [0.2, 0.25) is 0 Å². The quantitative estimate of drug-likeness (QED) is 0.607. The molecule has 74 valence electrons. The maximum Gasteiger partial charge on any atom is 0.176 e. The zero-order chi connectivity index (χ0) is 10.5. The molecule has 0 unspecified atom stereocenters. The van der Waals surface area contributed by atoms with Crippen molar-refractivity contribution in [3.05, 3.63) is 43.1 Å². The molecule has 0 atom stereocenters. The highest BCUT2D eigenvalue weighted by Gasteiger charge is 1.99. The zero-order valence-corrected chi connectivity index (χ0v) is 8.09. The van der Waals surface area contributed by atoms with E-state index < -0.39 is 0 Å². The third kappa shape index (κ3) is 1.99. The van der Waals surface area contributed by atoms with Gasteiger partial charge in [0.15, 0.2) is 5.82 Å². The molecule has 2 aromatic rings. The van der Waals surface area contributed by atoms with E-state index in [4.69, 9.17) is 0 Å². The second-order valence-corrected chi connectivity index (χ2v) is 2.91. The number of hydrogen-bond acceptors (Lipinski definition) is 4. The fraction of sp³-hybridized carbons (Fsp3) is 0. The first kappa shape index (κ1) is 9.33. The highest BCUT2D eigenvalue weighted by atomic mass is 15.3. The SMILES string of the molecule is C=CC=NNc1nncc2ccccc12. The largest absolute Gasteiger partial charge is 0.259 e. The first-order chi connectivity index (χ1) is 7.42. The topological polar surface area (TPSA) is 50.2 Å². The van der Waals surface area contributed by atoms with Crippen LogP contribution in [0.25, 0.3) is 10.8 Å². The van der Waals surface area contributed by atoms with Gasteiger partial charge >= 0.3 is 0 Å². The summed E-state index contributed by atoms with van der Waals surface area (Å²) in [5.74, 6) is 0.645. The number of hydrogen-bond donors (Lipinski definition) is 1. The normalized spacial score (nSPS) is 10.7. The molecular weight excluding hydrogens is 188 g/mol. The number of rotatable bonds is 3. The molecule has 0 fully saturated rings. The van der Waals surface area contributed by atoms with Crippen LogP contribution in [0.4, 0.5) is 5.82 Å². The van der Waals surface area contributed by atoms with Crippen LogP contribution in [0.5, 0.6) is 0 Å². The van der Waals surface area contributed by atoms with E-state index in [-0.39, 0.29) is 0 Å². The van der Waals surface area contributed by atoms with Gasteiger partial charge in [-0.2, -0.15) is 10.2 Å². The standard InChI is InChI=1S/C11H10N4/c1-2-7-12-14-11-10-6-4-3-5-9(10)8-13-15-11/h2-8H,1H2,(H,14,15). The summed E-state index contributed by atoms with van der Waals surface area (Å²) in [7, 11) is 0. The van der Waals surface area contributed by atoms with E-state index >= 15 is 0 Å². The highest BCUT2D eigenvalue weighted by molar-refractivity contribution is 5.91. The Morgan fingerprint density at radius 1 is 1.33 bits per heavy atom. The summed E-state index contributed by atoms with van der Waals surface area (Å²) in [6.45, 7) is 3.53. The Hall–Kier alpha value is -2.23. The summed E-state index contributed by atoms with van der Waals surface area (Å²) in [6, 6.07) is 7.86. The third-order valence-electron chi connectivity index (χ3n) is 1.92. The van der Waals surface area contributed by atoms with E-state index in [1.807, 2.05) is 24.3 Å². The average molecular weight is 198 g/mol. The van der Waals surface area contributed by atoms with E-state index in [0.29, 0.717) is 5.82 Å². The van der Waals surface area contributed by atoms with Gasteiger partial charge in [-0.05, 0) is 6.08 Å². The molecule has 0 radical (unpaired) electrons. The molecular formula is C11H10N4. The van der Waals surface area contributed by atoms with Gasteiger partial charge < -0.3 is 0 Å². The summed E-state index contributed by atoms with van der Waals surface area (Å²) in [5.41, 5.74) is 2.81. The molecule has 0 aliphatic rings. The van der Waals surface area contributed by atoms with Gasteiger partial charge in [0.05, 0.1) is 6.20 Å². The van der Waals surface area contributed by atoms with Crippen LogP contribution in [0.2, 0.25) is 0 Å². The van der Waals surface area contributed by atoms with Crippen molar-refractivity contribution in [3.63, 3.8) is 0 Å². The molecule has 1 aromatic carbocycles. The van der Waals surface area contributed by atoms with Crippen LogP contribution in [-0.4, -0.2) is 16.4 Å². The molecule has 4 heteroatoms. The first-order valence-corrected chi connectivity index (χ1v) is 4.52. The molecule has 15 heavy (non-hydrogen) atoms. The number of allylic oxidation sites excluding steroid dienone is 1. The van der Waals surface area contributed by atoms with Crippen LogP contribution in [0.1, 0.15) is 0 Å². The number of nitrogens with zero attached hydrogens (tertiary/aromatic N) is 3. The molecule has 0 saturated heterocycles. The Balaban J connectivity index is 2.42. The van der Waals surface area contributed by atoms with Crippen molar-refractivity contribution >= 4 is 22.8 Å². The predicted molar refractivity (Wildman–Crippen MR) is 61.8 cm³/mol. The Morgan fingerprint density at radius 3 is 3.07 bits per heavy atom. The van der Waals surface area contributed by atoms with Crippen molar-refractivity contribution < 1.29 is 0 Å². The lowest BCUT2D eigenvalue weighted by molar-refractivity contribution is 1.04. The fourth-order valence-electron chi connectivity index (χ4n) is 1.26. The van der Waals surface area contributed by atoms with Crippen molar-refractivity contribution in [3.8, 4) is 0 Å². The second-order valence-electron chi connectivity index (χ2n) is 2.91. The van der Waals surface area contributed by atoms with Crippen molar-refractivity contribution in [2.24, 2.45) is 5.10 Å². The molecule has 1 N–H and O–H groups in total. The third-order valence-corrected chi connectivity index (χ3v) is 1.92.